The fourth-order valence-corrected chi connectivity index (χ4v) is 4.53. The Hall–Kier alpha value is -3.15. The molecule has 12 nitrogen and oxygen atoms in total. The van der Waals surface area contributed by atoms with E-state index in [0.29, 0.717) is 63.1 Å². The first-order chi connectivity index (χ1) is 17.8. The Morgan fingerprint density at radius 1 is 0.974 bits per heavy atom. The van der Waals surface area contributed by atoms with Crippen LogP contribution < -0.4 is 9.64 Å². The summed E-state index contributed by atoms with van der Waals surface area (Å²) in [4.78, 5) is 52.4. The molecule has 1 atom stereocenters. The molecule has 0 N–H and O–H groups in total. The number of rotatable bonds is 4. The van der Waals surface area contributed by atoms with Gasteiger partial charge in [0.2, 0.25) is 0 Å². The largest absolute Gasteiger partial charge is 0.463 e. The van der Waals surface area contributed by atoms with Crippen molar-refractivity contribution < 1.29 is 33.3 Å². The molecule has 3 aliphatic rings. The lowest BCUT2D eigenvalue weighted by Crippen LogP contribution is -2.37. The Labute approximate surface area is 223 Å². The van der Waals surface area contributed by atoms with Crippen molar-refractivity contribution >= 4 is 23.9 Å². The van der Waals surface area contributed by atoms with Gasteiger partial charge in [-0.05, 0) is 54.4 Å². The fourth-order valence-electron chi connectivity index (χ4n) is 4.53. The van der Waals surface area contributed by atoms with Gasteiger partial charge >= 0.3 is 18.2 Å². The zero-order chi connectivity index (χ0) is 27.7. The Bertz CT molecular complexity index is 1060. The van der Waals surface area contributed by atoms with Crippen molar-refractivity contribution in [2.45, 2.75) is 72.1 Å². The Morgan fingerprint density at radius 3 is 2.39 bits per heavy atom. The number of anilines is 1. The molecule has 2 saturated heterocycles. The molecule has 0 saturated carbocycles. The van der Waals surface area contributed by atoms with E-state index in [9.17, 15) is 14.4 Å². The zero-order valence-electron chi connectivity index (χ0n) is 23.2. The molecule has 1 aromatic heterocycles. The van der Waals surface area contributed by atoms with Gasteiger partial charge in [-0.2, -0.15) is 9.97 Å². The van der Waals surface area contributed by atoms with Gasteiger partial charge in [-0.1, -0.05) is 0 Å². The van der Waals surface area contributed by atoms with Crippen molar-refractivity contribution in [2.75, 3.05) is 50.9 Å². The van der Waals surface area contributed by atoms with Crippen molar-refractivity contribution in [1.29, 1.82) is 0 Å². The second-order valence-corrected chi connectivity index (χ2v) is 11.9. The maximum absolute atomic E-state index is 13.3. The third-order valence-corrected chi connectivity index (χ3v) is 6.23. The number of fused-ring (bicyclic) bond motifs is 1. The molecule has 38 heavy (non-hydrogen) atoms. The van der Waals surface area contributed by atoms with E-state index in [0.717, 1.165) is 17.7 Å². The first-order valence-electron chi connectivity index (χ1n) is 13.2. The molecule has 4 rings (SSSR count). The predicted octanol–water partition coefficient (Wildman–Crippen LogP) is 3.23. The molecule has 4 heterocycles. The SMILES string of the molecule is CC(C)(C)OC(=O)N1CCC(COc2nc3c(c(N4CCCOCC4)n2)C(=O)N(C(=O)OC(C)(C)C)C3)C1. The number of hydrogen-bond donors (Lipinski definition) is 0. The Kier molecular flexibility index (Phi) is 8.01. The van der Waals surface area contributed by atoms with Crippen LogP contribution in [0.5, 0.6) is 6.01 Å². The molecule has 12 heteroatoms. The Balaban J connectivity index is 1.51. The number of carbonyl (C=O) groups excluding carboxylic acids is 3. The Morgan fingerprint density at radius 2 is 1.68 bits per heavy atom. The minimum absolute atomic E-state index is 0.0187. The third kappa shape index (κ3) is 6.83. The van der Waals surface area contributed by atoms with Gasteiger partial charge in [-0.25, -0.2) is 14.5 Å². The number of likely N-dealkylation sites (tertiary alicyclic amines) is 1. The van der Waals surface area contributed by atoms with E-state index >= 15 is 0 Å². The van der Waals surface area contributed by atoms with Crippen LogP contribution in [0, 0.1) is 5.92 Å². The highest BCUT2D eigenvalue weighted by Gasteiger charge is 2.40. The second-order valence-electron chi connectivity index (χ2n) is 11.9. The van der Waals surface area contributed by atoms with E-state index in [4.69, 9.17) is 18.9 Å². The molecule has 0 aliphatic carbocycles. The van der Waals surface area contributed by atoms with Gasteiger partial charge in [0.05, 0.1) is 25.5 Å². The number of hydrogen-bond acceptors (Lipinski definition) is 10. The maximum atomic E-state index is 13.3. The van der Waals surface area contributed by atoms with Gasteiger partial charge in [-0.15, -0.1) is 0 Å². The maximum Gasteiger partial charge on any atom is 0.417 e. The number of aromatic nitrogens is 2. The molecule has 1 aromatic rings. The number of imide groups is 1. The van der Waals surface area contributed by atoms with Gasteiger partial charge in [0.25, 0.3) is 5.91 Å². The van der Waals surface area contributed by atoms with Crippen LogP contribution in [0.2, 0.25) is 0 Å². The summed E-state index contributed by atoms with van der Waals surface area (Å²) in [5.74, 6) is 0.0485. The highest BCUT2D eigenvalue weighted by Crippen LogP contribution is 2.33. The molecule has 0 bridgehead atoms. The average Bonchev–Trinajstić information content (AvgIpc) is 3.30. The average molecular weight is 534 g/mol. The van der Waals surface area contributed by atoms with Crippen molar-refractivity contribution in [2.24, 2.45) is 5.92 Å². The molecule has 3 amide bonds. The number of nitrogens with zero attached hydrogens (tertiary/aromatic N) is 5. The van der Waals surface area contributed by atoms with E-state index in [2.05, 4.69) is 9.97 Å². The van der Waals surface area contributed by atoms with Crippen LogP contribution in [-0.2, 0) is 20.8 Å². The lowest BCUT2D eigenvalue weighted by atomic mass is 10.1. The van der Waals surface area contributed by atoms with Crippen LogP contribution in [0.3, 0.4) is 0 Å². The molecule has 0 spiro atoms. The van der Waals surface area contributed by atoms with E-state index in [1.54, 1.807) is 25.7 Å². The fraction of sp³-hybridized carbons (Fsp3) is 0.731. The summed E-state index contributed by atoms with van der Waals surface area (Å²) >= 11 is 0. The van der Waals surface area contributed by atoms with E-state index in [1.807, 2.05) is 25.7 Å². The summed E-state index contributed by atoms with van der Waals surface area (Å²) in [6.07, 6.45) is 0.494. The van der Waals surface area contributed by atoms with Gasteiger partial charge in [-0.3, -0.25) is 4.79 Å². The van der Waals surface area contributed by atoms with Crippen molar-refractivity contribution in [3.8, 4) is 6.01 Å². The van der Waals surface area contributed by atoms with E-state index in [-0.39, 0.29) is 24.6 Å². The van der Waals surface area contributed by atoms with Gasteiger partial charge < -0.3 is 28.7 Å². The highest BCUT2D eigenvalue weighted by atomic mass is 16.6. The van der Waals surface area contributed by atoms with E-state index < -0.39 is 23.2 Å². The lowest BCUT2D eigenvalue weighted by molar-refractivity contribution is 0.0242. The molecular weight excluding hydrogens is 494 g/mol. The number of ether oxygens (including phenoxy) is 4. The van der Waals surface area contributed by atoms with Crippen molar-refractivity contribution in [3.05, 3.63) is 11.3 Å². The standard InChI is InChI=1S/C26H39N5O7/c1-25(2,3)37-23(33)30-10-8-17(14-30)16-36-22-27-18-15-31(24(34)38-26(4,5)6)21(32)19(18)20(28-22)29-9-7-12-35-13-11-29/h17H,7-16H2,1-6H3. The summed E-state index contributed by atoms with van der Waals surface area (Å²) in [5.41, 5.74) is -0.579. The number of amides is 3. The van der Waals surface area contributed by atoms with E-state index in [1.165, 1.54) is 0 Å². The summed E-state index contributed by atoms with van der Waals surface area (Å²) in [5, 5.41) is 0. The molecule has 0 radical (unpaired) electrons. The minimum atomic E-state index is -0.745. The second kappa shape index (κ2) is 10.9. The molecule has 3 aliphatic heterocycles. The first-order valence-corrected chi connectivity index (χ1v) is 13.2. The van der Waals surface area contributed by atoms with Crippen LogP contribution in [0.4, 0.5) is 15.4 Å². The van der Waals surface area contributed by atoms with Crippen molar-refractivity contribution in [3.63, 3.8) is 0 Å². The topological polar surface area (TPSA) is 124 Å². The summed E-state index contributed by atoms with van der Waals surface area (Å²) < 4.78 is 22.5. The predicted molar refractivity (Wildman–Crippen MR) is 137 cm³/mol. The zero-order valence-corrected chi connectivity index (χ0v) is 23.2. The quantitative estimate of drug-likeness (QED) is 0.570. The lowest BCUT2D eigenvalue weighted by Gasteiger charge is -2.24. The molecular formula is C26H39N5O7. The molecule has 210 valence electrons. The summed E-state index contributed by atoms with van der Waals surface area (Å²) in [6.45, 7) is 14.5. The highest BCUT2D eigenvalue weighted by molar-refractivity contribution is 6.09. The molecule has 0 aromatic carbocycles. The van der Waals surface area contributed by atoms with Crippen molar-refractivity contribution in [1.82, 2.24) is 19.8 Å². The molecule has 2 fully saturated rings. The summed E-state index contributed by atoms with van der Waals surface area (Å²) in [7, 11) is 0. The van der Waals surface area contributed by atoms with Crippen LogP contribution in [0.15, 0.2) is 0 Å². The van der Waals surface area contributed by atoms with Crippen LogP contribution in [0.1, 0.15) is 70.4 Å². The van der Waals surface area contributed by atoms with Gasteiger partial charge in [0.1, 0.15) is 22.6 Å². The van der Waals surface area contributed by atoms with Gasteiger partial charge in [0, 0.05) is 38.7 Å². The van der Waals surface area contributed by atoms with Crippen LogP contribution >= 0.6 is 0 Å². The minimum Gasteiger partial charge on any atom is -0.463 e. The smallest absolute Gasteiger partial charge is 0.417 e. The monoisotopic (exact) mass is 533 g/mol. The molecule has 1 unspecified atom stereocenters. The van der Waals surface area contributed by atoms with Crippen LogP contribution in [-0.4, -0.2) is 95.1 Å². The summed E-state index contributed by atoms with van der Waals surface area (Å²) in [6, 6.07) is 0.137. The van der Waals surface area contributed by atoms with Gasteiger partial charge in [0.15, 0.2) is 0 Å². The normalized spacial score (nSPS) is 20.3. The first kappa shape index (κ1) is 27.9. The number of carbonyl (C=O) groups is 3. The third-order valence-electron chi connectivity index (χ3n) is 6.23. The van der Waals surface area contributed by atoms with Crippen LogP contribution in [0.25, 0.3) is 0 Å².